The molecular formula is C15H29NO2. The van der Waals surface area contributed by atoms with Crippen LogP contribution in [0.2, 0.25) is 0 Å². The normalized spacial score (nSPS) is 19.4. The Bertz CT molecular complexity index is 264. The van der Waals surface area contributed by atoms with Gasteiger partial charge in [-0.2, -0.15) is 0 Å². The molecule has 0 unspecified atom stereocenters. The summed E-state index contributed by atoms with van der Waals surface area (Å²) in [6, 6.07) is 0. The summed E-state index contributed by atoms with van der Waals surface area (Å²) in [6.45, 7) is 11.4. The van der Waals surface area contributed by atoms with Gasteiger partial charge in [0.1, 0.15) is 0 Å². The number of nitrogens with zero attached hydrogens (tertiary/aromatic N) is 1. The van der Waals surface area contributed by atoms with Crippen LogP contribution >= 0.6 is 0 Å². The number of hydrogen-bond donors (Lipinski definition) is 1. The Kier molecular flexibility index (Phi) is 5.64. The van der Waals surface area contributed by atoms with E-state index in [0.29, 0.717) is 0 Å². The number of rotatable bonds is 6. The van der Waals surface area contributed by atoms with Gasteiger partial charge < -0.3 is 10.0 Å². The largest absolute Gasteiger partial charge is 0.481 e. The Morgan fingerprint density at radius 1 is 1.28 bits per heavy atom. The molecule has 3 nitrogen and oxygen atoms in total. The van der Waals surface area contributed by atoms with E-state index in [4.69, 9.17) is 0 Å². The van der Waals surface area contributed by atoms with E-state index in [-0.39, 0.29) is 0 Å². The minimum absolute atomic E-state index is 0.537. The van der Waals surface area contributed by atoms with Crippen LogP contribution in [0.15, 0.2) is 0 Å². The minimum atomic E-state index is -0.626. The van der Waals surface area contributed by atoms with E-state index in [1.165, 1.54) is 12.8 Å². The fraction of sp³-hybridized carbons (Fsp3) is 0.933. The van der Waals surface area contributed by atoms with E-state index >= 15 is 0 Å². The predicted molar refractivity (Wildman–Crippen MR) is 74.7 cm³/mol. The first-order valence-electron chi connectivity index (χ1n) is 7.41. The van der Waals surface area contributed by atoms with Crippen molar-refractivity contribution in [3.63, 3.8) is 0 Å². The number of aliphatic carboxylic acids is 1. The zero-order valence-electron chi connectivity index (χ0n) is 12.4. The molecule has 1 N–H and O–H groups in total. The fourth-order valence-electron chi connectivity index (χ4n) is 3.05. The maximum absolute atomic E-state index is 11.5. The smallest absolute Gasteiger partial charge is 0.310 e. The molecule has 106 valence electrons. The molecule has 0 aliphatic carbocycles. The molecule has 3 heteroatoms. The van der Waals surface area contributed by atoms with Crippen LogP contribution in [0.25, 0.3) is 0 Å². The number of hydrogen-bond acceptors (Lipinski definition) is 2. The average Bonchev–Trinajstić information content (AvgIpc) is 2.36. The first-order chi connectivity index (χ1) is 8.45. The van der Waals surface area contributed by atoms with Gasteiger partial charge in [-0.1, -0.05) is 27.7 Å². The van der Waals surface area contributed by atoms with Gasteiger partial charge in [-0.25, -0.2) is 0 Å². The molecule has 1 aliphatic rings. The molecule has 1 fully saturated rings. The summed E-state index contributed by atoms with van der Waals surface area (Å²) in [4.78, 5) is 13.9. The Labute approximate surface area is 112 Å². The molecule has 1 saturated heterocycles. The zero-order valence-corrected chi connectivity index (χ0v) is 12.4. The highest BCUT2D eigenvalue weighted by Gasteiger charge is 2.37. The fourth-order valence-corrected chi connectivity index (χ4v) is 3.05. The Hall–Kier alpha value is -0.570. The number of piperidine rings is 1. The Balaban J connectivity index is 2.55. The Morgan fingerprint density at radius 3 is 2.11 bits per heavy atom. The number of carboxylic acids is 1. The van der Waals surface area contributed by atoms with Crippen molar-refractivity contribution in [2.75, 3.05) is 19.6 Å². The summed E-state index contributed by atoms with van der Waals surface area (Å²) in [5, 5.41) is 9.47. The van der Waals surface area contributed by atoms with E-state index in [0.717, 1.165) is 44.3 Å². The molecule has 0 spiro atoms. The number of likely N-dealkylation sites (tertiary alicyclic amines) is 1. The van der Waals surface area contributed by atoms with Crippen molar-refractivity contribution < 1.29 is 9.90 Å². The average molecular weight is 255 g/mol. The zero-order chi connectivity index (χ0) is 13.8. The second-order valence-corrected chi connectivity index (χ2v) is 6.15. The maximum Gasteiger partial charge on any atom is 0.310 e. The number of carboxylic acid groups (broad SMARTS) is 1. The molecule has 1 heterocycles. The Morgan fingerprint density at radius 2 is 1.78 bits per heavy atom. The third-order valence-electron chi connectivity index (χ3n) is 4.91. The van der Waals surface area contributed by atoms with E-state index in [1.807, 2.05) is 13.8 Å². The first-order valence-corrected chi connectivity index (χ1v) is 7.41. The van der Waals surface area contributed by atoms with Crippen LogP contribution < -0.4 is 0 Å². The van der Waals surface area contributed by atoms with E-state index in [1.54, 1.807) is 0 Å². The summed E-state index contributed by atoms with van der Waals surface area (Å²) in [5.74, 6) is 0.955. The van der Waals surface area contributed by atoms with Crippen molar-refractivity contribution >= 4 is 5.97 Å². The van der Waals surface area contributed by atoms with Gasteiger partial charge in [-0.05, 0) is 50.6 Å². The SMILES string of the molecule is CCC(CC)(CN1CCC(C(C)C)CC1)C(=O)O. The first kappa shape index (κ1) is 15.5. The molecule has 0 aromatic rings. The highest BCUT2D eigenvalue weighted by Crippen LogP contribution is 2.31. The molecule has 0 aromatic carbocycles. The van der Waals surface area contributed by atoms with Crippen molar-refractivity contribution in [2.45, 2.75) is 53.4 Å². The van der Waals surface area contributed by atoms with Gasteiger partial charge in [0.2, 0.25) is 0 Å². The molecule has 0 amide bonds. The molecule has 1 aliphatic heterocycles. The van der Waals surface area contributed by atoms with Crippen molar-refractivity contribution in [3.8, 4) is 0 Å². The van der Waals surface area contributed by atoms with Gasteiger partial charge in [0.25, 0.3) is 0 Å². The van der Waals surface area contributed by atoms with Gasteiger partial charge in [0.15, 0.2) is 0 Å². The van der Waals surface area contributed by atoms with Crippen LogP contribution in [0, 0.1) is 17.3 Å². The van der Waals surface area contributed by atoms with Gasteiger partial charge in [-0.15, -0.1) is 0 Å². The summed E-state index contributed by atoms with van der Waals surface area (Å²) in [5.41, 5.74) is -0.537. The van der Waals surface area contributed by atoms with Crippen LogP contribution in [-0.2, 0) is 4.79 Å². The van der Waals surface area contributed by atoms with Crippen molar-refractivity contribution in [2.24, 2.45) is 17.3 Å². The molecular weight excluding hydrogens is 226 g/mol. The maximum atomic E-state index is 11.5. The number of carbonyl (C=O) groups is 1. The van der Waals surface area contributed by atoms with E-state index < -0.39 is 11.4 Å². The minimum Gasteiger partial charge on any atom is -0.481 e. The summed E-state index contributed by atoms with van der Waals surface area (Å²) >= 11 is 0. The van der Waals surface area contributed by atoms with Gasteiger partial charge in [-0.3, -0.25) is 4.79 Å². The second kappa shape index (κ2) is 6.55. The van der Waals surface area contributed by atoms with Gasteiger partial charge in [0, 0.05) is 6.54 Å². The lowest BCUT2D eigenvalue weighted by Gasteiger charge is -2.39. The lowest BCUT2D eigenvalue weighted by atomic mass is 9.80. The summed E-state index contributed by atoms with van der Waals surface area (Å²) in [7, 11) is 0. The topological polar surface area (TPSA) is 40.5 Å². The predicted octanol–water partition coefficient (Wildman–Crippen LogP) is 3.25. The van der Waals surface area contributed by atoms with E-state index in [2.05, 4.69) is 18.7 Å². The van der Waals surface area contributed by atoms with Crippen LogP contribution in [0.1, 0.15) is 53.4 Å². The lowest BCUT2D eigenvalue weighted by molar-refractivity contribution is -0.151. The van der Waals surface area contributed by atoms with Crippen molar-refractivity contribution in [1.29, 1.82) is 0 Å². The van der Waals surface area contributed by atoms with Crippen LogP contribution in [0.5, 0.6) is 0 Å². The third-order valence-corrected chi connectivity index (χ3v) is 4.91. The second-order valence-electron chi connectivity index (χ2n) is 6.15. The highest BCUT2D eigenvalue weighted by atomic mass is 16.4. The molecule has 18 heavy (non-hydrogen) atoms. The van der Waals surface area contributed by atoms with E-state index in [9.17, 15) is 9.90 Å². The molecule has 0 radical (unpaired) electrons. The molecule has 0 atom stereocenters. The van der Waals surface area contributed by atoms with Crippen LogP contribution in [-0.4, -0.2) is 35.6 Å². The molecule has 0 saturated carbocycles. The standard InChI is InChI=1S/C15H29NO2/c1-5-15(6-2,14(17)18)11-16-9-7-13(8-10-16)12(3)4/h12-13H,5-11H2,1-4H3,(H,17,18). The highest BCUT2D eigenvalue weighted by molar-refractivity contribution is 5.74. The molecule has 0 aromatic heterocycles. The van der Waals surface area contributed by atoms with Crippen LogP contribution in [0.3, 0.4) is 0 Å². The monoisotopic (exact) mass is 255 g/mol. The summed E-state index contributed by atoms with van der Waals surface area (Å²) in [6.07, 6.45) is 3.90. The van der Waals surface area contributed by atoms with Gasteiger partial charge in [0.05, 0.1) is 5.41 Å². The lowest BCUT2D eigenvalue weighted by Crippen LogP contribution is -2.46. The van der Waals surface area contributed by atoms with Crippen LogP contribution in [0.4, 0.5) is 0 Å². The third kappa shape index (κ3) is 3.47. The molecule has 0 bridgehead atoms. The molecule has 1 rings (SSSR count). The summed E-state index contributed by atoms with van der Waals surface area (Å²) < 4.78 is 0. The van der Waals surface area contributed by atoms with Crippen molar-refractivity contribution in [3.05, 3.63) is 0 Å². The quantitative estimate of drug-likeness (QED) is 0.792. The van der Waals surface area contributed by atoms with Crippen molar-refractivity contribution in [1.82, 2.24) is 4.90 Å². The van der Waals surface area contributed by atoms with Gasteiger partial charge >= 0.3 is 5.97 Å².